The van der Waals surface area contributed by atoms with Crippen LogP contribution in [-0.2, 0) is 0 Å². The number of benzene rings is 2. The molecule has 5 heteroatoms. The van der Waals surface area contributed by atoms with E-state index >= 15 is 0 Å². The molecular formula is C14H9Br2F3. The summed E-state index contributed by atoms with van der Waals surface area (Å²) in [7, 11) is 0. The minimum atomic E-state index is -0.606. The first-order valence-corrected chi connectivity index (χ1v) is 7.15. The molecule has 1 atom stereocenters. The van der Waals surface area contributed by atoms with E-state index in [9.17, 15) is 13.2 Å². The number of hydrogen-bond donors (Lipinski definition) is 0. The van der Waals surface area contributed by atoms with Crippen LogP contribution in [-0.4, -0.2) is 0 Å². The molecule has 2 rings (SSSR count). The Bertz CT molecular complexity index is 626. The molecule has 2 aromatic carbocycles. The minimum absolute atomic E-state index is 0.143. The zero-order valence-electron chi connectivity index (χ0n) is 9.85. The van der Waals surface area contributed by atoms with Crippen molar-refractivity contribution in [3.05, 3.63) is 68.9 Å². The van der Waals surface area contributed by atoms with Gasteiger partial charge in [-0.1, -0.05) is 22.0 Å². The van der Waals surface area contributed by atoms with Crippen molar-refractivity contribution >= 4 is 31.9 Å². The second-order valence-electron chi connectivity index (χ2n) is 4.16. The summed E-state index contributed by atoms with van der Waals surface area (Å²) in [5, 5.41) is 0. The average molecular weight is 394 g/mol. The first-order valence-electron chi connectivity index (χ1n) is 5.44. The van der Waals surface area contributed by atoms with Crippen LogP contribution in [0.1, 0.15) is 21.5 Å². The normalized spacial score (nSPS) is 12.5. The molecule has 2 aromatic rings. The van der Waals surface area contributed by atoms with Crippen LogP contribution in [0.3, 0.4) is 0 Å². The van der Waals surface area contributed by atoms with E-state index in [-0.39, 0.29) is 11.1 Å². The van der Waals surface area contributed by atoms with E-state index in [1.807, 2.05) is 0 Å². The van der Waals surface area contributed by atoms with Crippen molar-refractivity contribution in [2.75, 3.05) is 0 Å². The Morgan fingerprint density at radius 2 is 1.63 bits per heavy atom. The fourth-order valence-electron chi connectivity index (χ4n) is 1.71. The van der Waals surface area contributed by atoms with E-state index in [1.165, 1.54) is 19.1 Å². The van der Waals surface area contributed by atoms with Gasteiger partial charge in [-0.2, -0.15) is 0 Å². The maximum Gasteiger partial charge on any atom is 0.137 e. The van der Waals surface area contributed by atoms with Crippen molar-refractivity contribution in [1.29, 1.82) is 0 Å². The van der Waals surface area contributed by atoms with Crippen LogP contribution in [0.25, 0.3) is 0 Å². The molecule has 0 spiro atoms. The maximum atomic E-state index is 13.8. The Morgan fingerprint density at radius 1 is 0.947 bits per heavy atom. The van der Waals surface area contributed by atoms with E-state index < -0.39 is 22.3 Å². The van der Waals surface area contributed by atoms with E-state index in [1.54, 1.807) is 6.07 Å². The van der Waals surface area contributed by atoms with Crippen molar-refractivity contribution in [2.45, 2.75) is 11.8 Å². The molecule has 0 aliphatic heterocycles. The lowest BCUT2D eigenvalue weighted by Gasteiger charge is -2.13. The van der Waals surface area contributed by atoms with Gasteiger partial charge in [0.25, 0.3) is 0 Å². The highest BCUT2D eigenvalue weighted by Crippen LogP contribution is 2.34. The number of hydrogen-bond acceptors (Lipinski definition) is 0. The van der Waals surface area contributed by atoms with Gasteiger partial charge in [0.2, 0.25) is 0 Å². The molecule has 19 heavy (non-hydrogen) atoms. The van der Waals surface area contributed by atoms with Gasteiger partial charge >= 0.3 is 0 Å². The lowest BCUT2D eigenvalue weighted by Crippen LogP contribution is -2.00. The third kappa shape index (κ3) is 3.03. The zero-order valence-corrected chi connectivity index (χ0v) is 13.0. The van der Waals surface area contributed by atoms with Crippen LogP contribution in [0.15, 0.2) is 34.8 Å². The molecule has 0 N–H and O–H groups in total. The summed E-state index contributed by atoms with van der Waals surface area (Å²) in [4.78, 5) is -0.606. The Morgan fingerprint density at radius 3 is 2.26 bits per heavy atom. The topological polar surface area (TPSA) is 0 Å². The minimum Gasteiger partial charge on any atom is -0.207 e. The molecule has 100 valence electrons. The summed E-state index contributed by atoms with van der Waals surface area (Å²) < 4.78 is 41.1. The maximum absolute atomic E-state index is 13.8. The van der Waals surface area contributed by atoms with Gasteiger partial charge in [0, 0.05) is 5.56 Å². The first kappa shape index (κ1) is 14.6. The highest BCUT2D eigenvalue weighted by atomic mass is 79.9. The Labute approximate surface area is 125 Å². The molecule has 1 unspecified atom stereocenters. The lowest BCUT2D eigenvalue weighted by molar-refractivity contribution is 0.580. The van der Waals surface area contributed by atoms with Gasteiger partial charge < -0.3 is 0 Å². The summed E-state index contributed by atoms with van der Waals surface area (Å²) in [5.74, 6) is -1.46. The van der Waals surface area contributed by atoms with Gasteiger partial charge in [0.15, 0.2) is 0 Å². The molecule has 0 aliphatic rings. The van der Waals surface area contributed by atoms with E-state index in [4.69, 9.17) is 0 Å². The fraction of sp³-hybridized carbons (Fsp3) is 0.143. The highest BCUT2D eigenvalue weighted by molar-refractivity contribution is 9.10. The second kappa shape index (κ2) is 5.67. The Kier molecular flexibility index (Phi) is 4.36. The molecule has 0 aliphatic carbocycles. The van der Waals surface area contributed by atoms with Crippen LogP contribution in [0.4, 0.5) is 13.2 Å². The molecule has 0 heterocycles. The van der Waals surface area contributed by atoms with Gasteiger partial charge in [0.05, 0.1) is 9.30 Å². The number of alkyl halides is 1. The summed E-state index contributed by atoms with van der Waals surface area (Å²) in [6.45, 7) is 1.49. The van der Waals surface area contributed by atoms with Crippen LogP contribution < -0.4 is 0 Å². The van der Waals surface area contributed by atoms with Crippen molar-refractivity contribution in [2.24, 2.45) is 0 Å². The van der Waals surface area contributed by atoms with Crippen molar-refractivity contribution < 1.29 is 13.2 Å². The summed E-state index contributed by atoms with van der Waals surface area (Å²) in [6, 6.07) is 6.71. The van der Waals surface area contributed by atoms with E-state index in [0.717, 1.165) is 12.1 Å². The standard InChI is InChI=1S/C14H9Br2F3/c1-7-4-12(18)9(6-11(7)17)14(16)8-2-3-10(15)13(19)5-8/h2-6,14H,1H3. The van der Waals surface area contributed by atoms with Gasteiger partial charge in [0.1, 0.15) is 17.5 Å². The average Bonchev–Trinajstić information content (AvgIpc) is 2.36. The SMILES string of the molecule is Cc1cc(F)c(C(Br)c2ccc(Br)c(F)c2)cc1F. The van der Waals surface area contributed by atoms with Crippen LogP contribution >= 0.6 is 31.9 Å². The molecule has 0 saturated heterocycles. The largest absolute Gasteiger partial charge is 0.207 e. The second-order valence-corrected chi connectivity index (χ2v) is 5.93. The van der Waals surface area contributed by atoms with Crippen LogP contribution in [0, 0.1) is 24.4 Å². The number of rotatable bonds is 2. The van der Waals surface area contributed by atoms with Crippen molar-refractivity contribution in [3.8, 4) is 0 Å². The monoisotopic (exact) mass is 392 g/mol. The van der Waals surface area contributed by atoms with Crippen molar-refractivity contribution in [3.63, 3.8) is 0 Å². The van der Waals surface area contributed by atoms with Crippen LogP contribution in [0.2, 0.25) is 0 Å². The van der Waals surface area contributed by atoms with E-state index in [0.29, 0.717) is 10.0 Å². The van der Waals surface area contributed by atoms with Crippen LogP contribution in [0.5, 0.6) is 0 Å². The number of aryl methyl sites for hydroxylation is 1. The molecule has 0 aromatic heterocycles. The third-order valence-corrected chi connectivity index (χ3v) is 4.45. The third-order valence-electron chi connectivity index (χ3n) is 2.79. The molecule has 0 amide bonds. The lowest BCUT2D eigenvalue weighted by atomic mass is 10.0. The Hall–Kier alpha value is -0.810. The zero-order chi connectivity index (χ0) is 14.2. The quantitative estimate of drug-likeness (QED) is 0.577. The predicted molar refractivity (Wildman–Crippen MR) is 76.0 cm³/mol. The summed E-state index contributed by atoms with van der Waals surface area (Å²) >= 11 is 6.32. The molecule has 0 radical (unpaired) electrons. The van der Waals surface area contributed by atoms with Gasteiger partial charge in [-0.05, 0) is 58.2 Å². The summed E-state index contributed by atoms with van der Waals surface area (Å²) in [6.07, 6.45) is 0. The molecule has 0 nitrogen and oxygen atoms in total. The van der Waals surface area contributed by atoms with Crippen molar-refractivity contribution in [1.82, 2.24) is 0 Å². The molecular weight excluding hydrogens is 385 g/mol. The van der Waals surface area contributed by atoms with Gasteiger partial charge in [-0.3, -0.25) is 0 Å². The van der Waals surface area contributed by atoms with Gasteiger partial charge in [-0.25, -0.2) is 13.2 Å². The first-order chi connectivity index (χ1) is 8.90. The molecule has 0 bridgehead atoms. The highest BCUT2D eigenvalue weighted by Gasteiger charge is 2.18. The van der Waals surface area contributed by atoms with Gasteiger partial charge in [-0.15, -0.1) is 0 Å². The number of halogens is 5. The Balaban J connectivity index is 2.46. The molecule has 0 fully saturated rings. The summed E-state index contributed by atoms with van der Waals surface area (Å²) in [5.41, 5.74) is 0.899. The van der Waals surface area contributed by atoms with E-state index in [2.05, 4.69) is 31.9 Å². The molecule has 0 saturated carbocycles. The fourth-order valence-corrected chi connectivity index (χ4v) is 2.59. The predicted octanol–water partition coefficient (Wildman–Crippen LogP) is 5.66. The smallest absolute Gasteiger partial charge is 0.137 e.